The Labute approximate surface area is 112 Å². The van der Waals surface area contributed by atoms with E-state index >= 15 is 0 Å². The third-order valence-electron chi connectivity index (χ3n) is 3.82. The van der Waals surface area contributed by atoms with Crippen LogP contribution in [-0.4, -0.2) is 12.1 Å². The minimum atomic E-state index is -1.18. The number of hydrogen-bond acceptors (Lipinski definition) is 1. The van der Waals surface area contributed by atoms with E-state index in [2.05, 4.69) is 5.32 Å². The molecule has 2 bridgehead atoms. The Morgan fingerprint density at radius 3 is 2.47 bits per heavy atom. The van der Waals surface area contributed by atoms with Crippen molar-refractivity contribution in [1.82, 2.24) is 5.32 Å². The highest BCUT2D eigenvalue weighted by Gasteiger charge is 2.45. The molecule has 2 heterocycles. The molecular weight excluding hydrogens is 260 g/mol. The number of rotatable bonds is 1. The summed E-state index contributed by atoms with van der Waals surface area (Å²) in [6.45, 7) is 0. The molecule has 2 saturated heterocycles. The van der Waals surface area contributed by atoms with Crippen LogP contribution in [0.5, 0.6) is 0 Å². The third-order valence-corrected chi connectivity index (χ3v) is 4.05. The molecule has 2 aliphatic rings. The fourth-order valence-corrected chi connectivity index (χ4v) is 3.28. The molecule has 17 heavy (non-hydrogen) atoms. The van der Waals surface area contributed by atoms with Gasteiger partial charge in [-0.2, -0.15) is 0 Å². The standard InChI is InChI=1S/C13H15ClFN.ClH/c14-10-3-1-2-9(6-10)13(15)7-11-4-5-12(8-13)16-11;/h1-3,6,11-12,16H,4-5,7-8H2;1H. The molecule has 0 aromatic heterocycles. The second-order valence-corrected chi connectivity index (χ2v) is 5.46. The van der Waals surface area contributed by atoms with Crippen LogP contribution in [0.25, 0.3) is 0 Å². The van der Waals surface area contributed by atoms with Crippen molar-refractivity contribution in [2.75, 3.05) is 0 Å². The number of piperidine rings is 1. The number of hydrogen-bond donors (Lipinski definition) is 1. The van der Waals surface area contributed by atoms with Gasteiger partial charge in [0.15, 0.2) is 0 Å². The average Bonchev–Trinajstić information content (AvgIpc) is 2.59. The first-order chi connectivity index (χ1) is 7.66. The van der Waals surface area contributed by atoms with Gasteiger partial charge in [-0.3, -0.25) is 0 Å². The third kappa shape index (κ3) is 2.44. The first kappa shape index (κ1) is 13.1. The van der Waals surface area contributed by atoms with E-state index < -0.39 is 5.67 Å². The molecular formula is C13H16Cl2FN. The maximum atomic E-state index is 14.9. The van der Waals surface area contributed by atoms with Gasteiger partial charge in [0, 0.05) is 29.9 Å². The summed E-state index contributed by atoms with van der Waals surface area (Å²) in [6.07, 6.45) is 3.39. The first-order valence-corrected chi connectivity index (χ1v) is 6.24. The van der Waals surface area contributed by atoms with Crippen molar-refractivity contribution >= 4 is 24.0 Å². The van der Waals surface area contributed by atoms with E-state index in [1.807, 2.05) is 12.1 Å². The highest BCUT2D eigenvalue weighted by Crippen LogP contribution is 2.44. The van der Waals surface area contributed by atoms with Crippen molar-refractivity contribution < 1.29 is 4.39 Å². The summed E-state index contributed by atoms with van der Waals surface area (Å²) in [5, 5.41) is 4.08. The van der Waals surface area contributed by atoms with Gasteiger partial charge in [-0.05, 0) is 30.5 Å². The van der Waals surface area contributed by atoms with Gasteiger partial charge in [-0.25, -0.2) is 4.39 Å². The molecule has 1 aromatic carbocycles. The van der Waals surface area contributed by atoms with Crippen LogP contribution < -0.4 is 5.32 Å². The van der Waals surface area contributed by atoms with Gasteiger partial charge in [0.2, 0.25) is 0 Å². The number of nitrogens with one attached hydrogen (secondary N) is 1. The summed E-state index contributed by atoms with van der Waals surface area (Å²) in [4.78, 5) is 0. The highest BCUT2D eigenvalue weighted by atomic mass is 35.5. The van der Waals surface area contributed by atoms with Crippen LogP contribution >= 0.6 is 24.0 Å². The van der Waals surface area contributed by atoms with Crippen LogP contribution in [0.2, 0.25) is 5.02 Å². The molecule has 94 valence electrons. The Hall–Kier alpha value is -0.310. The van der Waals surface area contributed by atoms with Gasteiger partial charge in [0.25, 0.3) is 0 Å². The van der Waals surface area contributed by atoms with Gasteiger partial charge >= 0.3 is 0 Å². The van der Waals surface area contributed by atoms with E-state index in [9.17, 15) is 4.39 Å². The zero-order chi connectivity index (χ0) is 11.2. The second kappa shape index (κ2) is 4.75. The summed E-state index contributed by atoms with van der Waals surface area (Å²) in [6, 6.07) is 7.96. The zero-order valence-electron chi connectivity index (χ0n) is 9.46. The number of alkyl halides is 1. The largest absolute Gasteiger partial charge is 0.311 e. The van der Waals surface area contributed by atoms with Crippen LogP contribution in [0.4, 0.5) is 4.39 Å². The molecule has 1 aromatic rings. The Balaban J connectivity index is 0.00000108. The smallest absolute Gasteiger partial charge is 0.139 e. The van der Waals surface area contributed by atoms with Crippen LogP contribution in [0, 0.1) is 0 Å². The molecule has 0 spiro atoms. The Morgan fingerprint density at radius 2 is 1.88 bits per heavy atom. The van der Waals surface area contributed by atoms with Gasteiger partial charge in [0.1, 0.15) is 5.67 Å². The van der Waals surface area contributed by atoms with E-state index in [-0.39, 0.29) is 12.4 Å². The molecule has 2 aliphatic heterocycles. The SMILES string of the molecule is Cl.FC1(c2cccc(Cl)c2)CC2CCC(C1)N2. The molecule has 1 N–H and O–H groups in total. The van der Waals surface area contributed by atoms with Gasteiger partial charge in [0.05, 0.1) is 0 Å². The lowest BCUT2D eigenvalue weighted by Gasteiger charge is -2.35. The Bertz CT molecular complexity index is 398. The maximum absolute atomic E-state index is 14.9. The van der Waals surface area contributed by atoms with E-state index in [0.717, 1.165) is 18.4 Å². The molecule has 2 fully saturated rings. The lowest BCUT2D eigenvalue weighted by atomic mass is 9.83. The number of fused-ring (bicyclic) bond motifs is 2. The van der Waals surface area contributed by atoms with E-state index in [0.29, 0.717) is 29.9 Å². The molecule has 4 heteroatoms. The minimum Gasteiger partial charge on any atom is -0.311 e. The van der Waals surface area contributed by atoms with E-state index in [1.54, 1.807) is 12.1 Å². The molecule has 0 saturated carbocycles. The molecule has 2 unspecified atom stereocenters. The predicted octanol–water partition coefficient (Wildman–Crippen LogP) is 3.84. The van der Waals surface area contributed by atoms with Crippen molar-refractivity contribution in [3.8, 4) is 0 Å². The lowest BCUT2D eigenvalue weighted by Crippen LogP contribution is -2.44. The number of benzene rings is 1. The van der Waals surface area contributed by atoms with Crippen LogP contribution in [-0.2, 0) is 5.67 Å². The predicted molar refractivity (Wildman–Crippen MR) is 70.7 cm³/mol. The van der Waals surface area contributed by atoms with E-state index in [4.69, 9.17) is 11.6 Å². The average molecular weight is 276 g/mol. The van der Waals surface area contributed by atoms with Crippen molar-refractivity contribution in [2.45, 2.75) is 43.4 Å². The van der Waals surface area contributed by atoms with Crippen molar-refractivity contribution in [3.63, 3.8) is 0 Å². The molecule has 0 amide bonds. The van der Waals surface area contributed by atoms with Crippen LogP contribution in [0.3, 0.4) is 0 Å². The summed E-state index contributed by atoms with van der Waals surface area (Å²) in [5.41, 5.74) is -0.430. The van der Waals surface area contributed by atoms with Crippen LogP contribution in [0.15, 0.2) is 24.3 Å². The normalized spacial score (nSPS) is 35.4. The first-order valence-electron chi connectivity index (χ1n) is 5.87. The van der Waals surface area contributed by atoms with Crippen LogP contribution in [0.1, 0.15) is 31.2 Å². The fraction of sp³-hybridized carbons (Fsp3) is 0.538. The molecule has 3 rings (SSSR count). The molecule has 0 aliphatic carbocycles. The number of halogens is 3. The summed E-state index contributed by atoms with van der Waals surface area (Å²) in [5.74, 6) is 0. The van der Waals surface area contributed by atoms with Crippen molar-refractivity contribution in [1.29, 1.82) is 0 Å². The van der Waals surface area contributed by atoms with Crippen molar-refractivity contribution in [2.24, 2.45) is 0 Å². The van der Waals surface area contributed by atoms with Crippen molar-refractivity contribution in [3.05, 3.63) is 34.9 Å². The quantitative estimate of drug-likeness (QED) is 0.821. The Morgan fingerprint density at radius 1 is 1.24 bits per heavy atom. The van der Waals surface area contributed by atoms with E-state index in [1.165, 1.54) is 0 Å². The summed E-state index contributed by atoms with van der Waals surface area (Å²) in [7, 11) is 0. The minimum absolute atomic E-state index is 0. The van der Waals surface area contributed by atoms with Gasteiger partial charge in [-0.15, -0.1) is 12.4 Å². The van der Waals surface area contributed by atoms with Gasteiger partial charge < -0.3 is 5.32 Å². The topological polar surface area (TPSA) is 12.0 Å². The summed E-state index contributed by atoms with van der Waals surface area (Å²) >= 11 is 5.93. The fourth-order valence-electron chi connectivity index (χ4n) is 3.09. The zero-order valence-corrected chi connectivity index (χ0v) is 11.0. The van der Waals surface area contributed by atoms with Gasteiger partial charge in [-0.1, -0.05) is 23.7 Å². The highest BCUT2D eigenvalue weighted by molar-refractivity contribution is 6.30. The second-order valence-electron chi connectivity index (χ2n) is 5.02. The Kier molecular flexibility index (Phi) is 3.67. The molecule has 0 radical (unpaired) electrons. The lowest BCUT2D eigenvalue weighted by molar-refractivity contribution is 0.0874. The monoisotopic (exact) mass is 275 g/mol. The maximum Gasteiger partial charge on any atom is 0.139 e. The molecule has 1 nitrogen and oxygen atoms in total. The molecule has 2 atom stereocenters. The summed E-state index contributed by atoms with van der Waals surface area (Å²) < 4.78 is 14.9.